The number of benzene rings is 1. The molecule has 1 aromatic carbocycles. The highest BCUT2D eigenvalue weighted by Crippen LogP contribution is 2.18. The predicted molar refractivity (Wildman–Crippen MR) is 68.8 cm³/mol. The smallest absolute Gasteiger partial charge is 0.124 e. The molecule has 0 saturated heterocycles. The van der Waals surface area contributed by atoms with Crippen molar-refractivity contribution in [2.75, 3.05) is 13.1 Å². The van der Waals surface area contributed by atoms with Crippen LogP contribution in [0, 0.1) is 5.82 Å². The Morgan fingerprint density at radius 1 is 1.29 bits per heavy atom. The maximum Gasteiger partial charge on any atom is 0.124 e. The van der Waals surface area contributed by atoms with Crippen molar-refractivity contribution in [2.45, 2.75) is 31.8 Å². The molecular formula is C13H18ClFN2. The van der Waals surface area contributed by atoms with Gasteiger partial charge < -0.3 is 10.6 Å². The van der Waals surface area contributed by atoms with Gasteiger partial charge in [0.25, 0.3) is 0 Å². The monoisotopic (exact) mass is 256 g/mol. The Labute approximate surface area is 107 Å². The fourth-order valence-electron chi connectivity index (χ4n) is 1.70. The topological polar surface area (TPSA) is 24.1 Å². The second-order valence-electron chi connectivity index (χ2n) is 4.49. The van der Waals surface area contributed by atoms with Gasteiger partial charge in [-0.1, -0.05) is 17.7 Å². The molecule has 4 heteroatoms. The minimum atomic E-state index is -0.285. The van der Waals surface area contributed by atoms with Crippen molar-refractivity contribution in [1.29, 1.82) is 0 Å². The molecule has 2 nitrogen and oxygen atoms in total. The first-order valence-corrected chi connectivity index (χ1v) is 6.51. The molecule has 0 aromatic heterocycles. The molecule has 94 valence electrons. The van der Waals surface area contributed by atoms with Gasteiger partial charge in [0.15, 0.2) is 0 Å². The van der Waals surface area contributed by atoms with E-state index in [1.165, 1.54) is 25.0 Å². The highest BCUT2D eigenvalue weighted by molar-refractivity contribution is 6.31. The van der Waals surface area contributed by atoms with Crippen LogP contribution in [0.1, 0.15) is 24.8 Å². The molecule has 1 fully saturated rings. The second-order valence-corrected chi connectivity index (χ2v) is 4.90. The first-order chi connectivity index (χ1) is 8.25. The summed E-state index contributed by atoms with van der Waals surface area (Å²) in [6.45, 7) is 2.71. The molecule has 0 unspecified atom stereocenters. The standard InChI is InChI=1S/C13H18ClFN2/c14-13-8-11(15)3-2-10(13)9-16-6-1-7-17-12-4-5-12/h2-3,8,12,16-17H,1,4-7,9H2. The van der Waals surface area contributed by atoms with Crippen LogP contribution in [-0.2, 0) is 6.54 Å². The Kier molecular flexibility index (Phi) is 4.77. The Morgan fingerprint density at radius 3 is 2.82 bits per heavy atom. The largest absolute Gasteiger partial charge is 0.314 e. The zero-order valence-electron chi connectivity index (χ0n) is 9.81. The molecule has 17 heavy (non-hydrogen) atoms. The molecule has 0 radical (unpaired) electrons. The zero-order valence-corrected chi connectivity index (χ0v) is 10.6. The van der Waals surface area contributed by atoms with Gasteiger partial charge >= 0.3 is 0 Å². The van der Waals surface area contributed by atoms with E-state index in [2.05, 4.69) is 10.6 Å². The van der Waals surface area contributed by atoms with Crippen molar-refractivity contribution < 1.29 is 4.39 Å². The zero-order chi connectivity index (χ0) is 12.1. The normalized spacial score (nSPS) is 15.2. The number of halogens is 2. The Balaban J connectivity index is 1.60. The third-order valence-corrected chi connectivity index (χ3v) is 3.22. The Hall–Kier alpha value is -0.640. The van der Waals surface area contributed by atoms with E-state index >= 15 is 0 Å². The molecule has 0 amide bonds. The second kappa shape index (κ2) is 6.34. The average molecular weight is 257 g/mol. The van der Waals surface area contributed by atoms with Gasteiger partial charge in [0.05, 0.1) is 0 Å². The van der Waals surface area contributed by atoms with E-state index in [1.54, 1.807) is 6.07 Å². The lowest BCUT2D eigenvalue weighted by Crippen LogP contribution is -2.23. The maximum absolute atomic E-state index is 12.8. The van der Waals surface area contributed by atoms with Crippen LogP contribution >= 0.6 is 11.6 Å². The molecule has 0 atom stereocenters. The summed E-state index contributed by atoms with van der Waals surface area (Å²) in [5, 5.41) is 7.26. The molecule has 1 aliphatic carbocycles. The van der Waals surface area contributed by atoms with Gasteiger partial charge in [-0.15, -0.1) is 0 Å². The first kappa shape index (κ1) is 12.8. The minimum Gasteiger partial charge on any atom is -0.314 e. The summed E-state index contributed by atoms with van der Waals surface area (Å²) in [6, 6.07) is 5.30. The SMILES string of the molecule is Fc1ccc(CNCCCNC2CC2)c(Cl)c1. The van der Waals surface area contributed by atoms with Crippen molar-refractivity contribution in [3.8, 4) is 0 Å². The number of hydrogen-bond acceptors (Lipinski definition) is 2. The van der Waals surface area contributed by atoms with Crippen molar-refractivity contribution >= 4 is 11.6 Å². The quantitative estimate of drug-likeness (QED) is 0.733. The minimum absolute atomic E-state index is 0.285. The van der Waals surface area contributed by atoms with Gasteiger partial charge in [0, 0.05) is 17.6 Å². The summed E-state index contributed by atoms with van der Waals surface area (Å²) in [4.78, 5) is 0. The van der Waals surface area contributed by atoms with Crippen molar-refractivity contribution in [3.05, 3.63) is 34.6 Å². The molecule has 1 aliphatic rings. The molecule has 0 bridgehead atoms. The Bertz CT molecular complexity index is 366. The van der Waals surface area contributed by atoms with Crippen LogP contribution in [0.25, 0.3) is 0 Å². The van der Waals surface area contributed by atoms with Crippen LogP contribution in [0.2, 0.25) is 5.02 Å². The number of nitrogens with one attached hydrogen (secondary N) is 2. The molecule has 1 saturated carbocycles. The summed E-state index contributed by atoms with van der Waals surface area (Å²) < 4.78 is 12.8. The fraction of sp³-hybridized carbons (Fsp3) is 0.538. The molecule has 0 heterocycles. The van der Waals surface area contributed by atoms with Crippen LogP contribution in [0.4, 0.5) is 4.39 Å². The third-order valence-electron chi connectivity index (χ3n) is 2.87. The van der Waals surface area contributed by atoms with Crippen LogP contribution in [-0.4, -0.2) is 19.1 Å². The van der Waals surface area contributed by atoms with Gasteiger partial charge in [-0.2, -0.15) is 0 Å². The van der Waals surface area contributed by atoms with Gasteiger partial charge in [0.2, 0.25) is 0 Å². The third kappa shape index (κ3) is 4.62. The lowest BCUT2D eigenvalue weighted by molar-refractivity contribution is 0.591. The summed E-state index contributed by atoms with van der Waals surface area (Å²) in [6.07, 6.45) is 3.77. The molecule has 0 spiro atoms. The van der Waals surface area contributed by atoms with E-state index < -0.39 is 0 Å². The summed E-state index contributed by atoms with van der Waals surface area (Å²) in [5.74, 6) is -0.285. The van der Waals surface area contributed by atoms with Crippen LogP contribution < -0.4 is 10.6 Å². The first-order valence-electron chi connectivity index (χ1n) is 6.14. The summed E-state index contributed by atoms with van der Waals surface area (Å²) in [5.41, 5.74) is 0.947. The summed E-state index contributed by atoms with van der Waals surface area (Å²) >= 11 is 5.93. The highest BCUT2D eigenvalue weighted by atomic mass is 35.5. The molecular weight excluding hydrogens is 239 g/mol. The van der Waals surface area contributed by atoms with Gasteiger partial charge in [-0.05, 0) is 50.0 Å². The van der Waals surface area contributed by atoms with E-state index in [4.69, 9.17) is 11.6 Å². The molecule has 2 N–H and O–H groups in total. The highest BCUT2D eigenvalue weighted by Gasteiger charge is 2.19. The molecule has 2 rings (SSSR count). The fourth-order valence-corrected chi connectivity index (χ4v) is 1.93. The van der Waals surface area contributed by atoms with E-state index in [1.807, 2.05) is 0 Å². The van der Waals surface area contributed by atoms with E-state index in [0.717, 1.165) is 31.1 Å². The van der Waals surface area contributed by atoms with E-state index in [0.29, 0.717) is 11.6 Å². The lowest BCUT2D eigenvalue weighted by atomic mass is 10.2. The van der Waals surface area contributed by atoms with Crippen molar-refractivity contribution in [2.24, 2.45) is 0 Å². The number of hydrogen-bond donors (Lipinski definition) is 2. The predicted octanol–water partition coefficient (Wildman–Crippen LogP) is 2.71. The van der Waals surface area contributed by atoms with Crippen LogP contribution in [0.3, 0.4) is 0 Å². The van der Waals surface area contributed by atoms with Crippen molar-refractivity contribution in [3.63, 3.8) is 0 Å². The van der Waals surface area contributed by atoms with Gasteiger partial charge in [-0.25, -0.2) is 4.39 Å². The van der Waals surface area contributed by atoms with Crippen LogP contribution in [0.15, 0.2) is 18.2 Å². The van der Waals surface area contributed by atoms with Gasteiger partial charge in [0.1, 0.15) is 5.82 Å². The van der Waals surface area contributed by atoms with E-state index in [9.17, 15) is 4.39 Å². The van der Waals surface area contributed by atoms with E-state index in [-0.39, 0.29) is 5.82 Å². The van der Waals surface area contributed by atoms with Crippen molar-refractivity contribution in [1.82, 2.24) is 10.6 Å². The summed E-state index contributed by atoms with van der Waals surface area (Å²) in [7, 11) is 0. The molecule has 0 aliphatic heterocycles. The van der Waals surface area contributed by atoms with Gasteiger partial charge in [-0.3, -0.25) is 0 Å². The number of rotatable bonds is 7. The van der Waals surface area contributed by atoms with Crippen LogP contribution in [0.5, 0.6) is 0 Å². The Morgan fingerprint density at radius 2 is 2.12 bits per heavy atom. The molecule has 1 aromatic rings. The lowest BCUT2D eigenvalue weighted by Gasteiger charge is -2.07. The average Bonchev–Trinajstić information content (AvgIpc) is 3.09. The maximum atomic E-state index is 12.8.